The van der Waals surface area contributed by atoms with E-state index >= 15 is 0 Å². The number of hydrogen-bond acceptors (Lipinski definition) is 4. The van der Waals surface area contributed by atoms with Crippen LogP contribution in [0.4, 0.5) is 5.69 Å². The number of likely N-dealkylation sites (tertiary alicyclic amines) is 1. The van der Waals surface area contributed by atoms with Gasteiger partial charge in [0.1, 0.15) is 4.88 Å². The largest absolute Gasteiger partial charge is 0.397 e. The Labute approximate surface area is 128 Å². The van der Waals surface area contributed by atoms with Gasteiger partial charge < -0.3 is 15.7 Å². The van der Waals surface area contributed by atoms with Gasteiger partial charge in [-0.15, -0.1) is 11.3 Å². The summed E-state index contributed by atoms with van der Waals surface area (Å²) in [7, 11) is 0. The summed E-state index contributed by atoms with van der Waals surface area (Å²) in [5.74, 6) is -0.0327. The molecule has 3 rings (SSSR count). The lowest BCUT2D eigenvalue weighted by Crippen LogP contribution is -2.42. The molecule has 1 fully saturated rings. The first-order valence-corrected chi connectivity index (χ1v) is 8.23. The van der Waals surface area contributed by atoms with Crippen LogP contribution in [0.1, 0.15) is 35.4 Å². The van der Waals surface area contributed by atoms with E-state index in [1.54, 1.807) is 0 Å². The van der Waals surface area contributed by atoms with Crippen molar-refractivity contribution in [3.05, 3.63) is 29.1 Å². The number of carbonyl (C=O) groups is 1. The van der Waals surface area contributed by atoms with Gasteiger partial charge >= 0.3 is 0 Å². The number of benzene rings is 1. The van der Waals surface area contributed by atoms with Crippen LogP contribution in [0.5, 0.6) is 0 Å². The summed E-state index contributed by atoms with van der Waals surface area (Å²) in [4.78, 5) is 15.3. The number of anilines is 1. The average Bonchev–Trinajstić information content (AvgIpc) is 2.71. The topological polar surface area (TPSA) is 66.6 Å². The number of nitrogen functional groups attached to an aromatic ring is 1. The van der Waals surface area contributed by atoms with Gasteiger partial charge in [-0.25, -0.2) is 0 Å². The number of nitrogens with two attached hydrogens (primary N) is 1. The van der Waals surface area contributed by atoms with Gasteiger partial charge in [-0.2, -0.15) is 0 Å². The smallest absolute Gasteiger partial charge is 0.266 e. The van der Waals surface area contributed by atoms with Crippen LogP contribution in [0.2, 0.25) is 0 Å². The molecule has 1 atom stereocenters. The maximum Gasteiger partial charge on any atom is 0.266 e. The van der Waals surface area contributed by atoms with Crippen molar-refractivity contribution in [1.82, 2.24) is 4.90 Å². The highest BCUT2D eigenvalue weighted by molar-refractivity contribution is 7.21. The molecule has 0 bridgehead atoms. The minimum atomic E-state index is -0.0791. The number of aliphatic hydroxyl groups is 1. The fourth-order valence-corrected chi connectivity index (χ4v) is 4.07. The average molecular weight is 304 g/mol. The van der Waals surface area contributed by atoms with Crippen molar-refractivity contribution in [2.75, 3.05) is 18.9 Å². The molecule has 1 unspecified atom stereocenters. The zero-order valence-electron chi connectivity index (χ0n) is 11.9. The molecule has 1 aromatic carbocycles. The molecular weight excluding hydrogens is 284 g/mol. The zero-order chi connectivity index (χ0) is 14.8. The number of hydrogen-bond donors (Lipinski definition) is 2. The monoisotopic (exact) mass is 304 g/mol. The molecule has 1 saturated heterocycles. The molecule has 0 radical (unpaired) electrons. The summed E-state index contributed by atoms with van der Waals surface area (Å²) in [5, 5.41) is 10.5. The first-order chi connectivity index (χ1) is 10.2. The minimum absolute atomic E-state index is 0.0243. The van der Waals surface area contributed by atoms with Crippen LogP contribution in [0.3, 0.4) is 0 Å². The van der Waals surface area contributed by atoms with E-state index in [1.807, 2.05) is 29.2 Å². The molecule has 112 valence electrons. The Balaban J connectivity index is 1.96. The SMILES string of the molecule is Nc1c(C(=O)N2CCCCCC2CO)sc2ccccc12. The Morgan fingerprint density at radius 3 is 2.90 bits per heavy atom. The van der Waals surface area contributed by atoms with Crippen molar-refractivity contribution in [3.63, 3.8) is 0 Å². The second-order valence-corrected chi connectivity index (χ2v) is 6.58. The highest BCUT2D eigenvalue weighted by Crippen LogP contribution is 2.35. The predicted octanol–water partition coefficient (Wildman–Crippen LogP) is 2.86. The molecule has 1 aromatic heterocycles. The van der Waals surface area contributed by atoms with Crippen LogP contribution < -0.4 is 5.73 Å². The van der Waals surface area contributed by atoms with Gasteiger partial charge in [0.05, 0.1) is 18.3 Å². The first-order valence-electron chi connectivity index (χ1n) is 7.41. The van der Waals surface area contributed by atoms with Gasteiger partial charge in [0.25, 0.3) is 5.91 Å². The third-order valence-electron chi connectivity index (χ3n) is 4.18. The fraction of sp³-hybridized carbons (Fsp3) is 0.438. The van der Waals surface area contributed by atoms with Gasteiger partial charge in [0.15, 0.2) is 0 Å². The molecule has 0 spiro atoms. The molecule has 0 aliphatic carbocycles. The lowest BCUT2D eigenvalue weighted by Gasteiger charge is -2.28. The van der Waals surface area contributed by atoms with Crippen molar-refractivity contribution >= 4 is 33.0 Å². The van der Waals surface area contributed by atoms with E-state index in [1.165, 1.54) is 11.3 Å². The number of aliphatic hydroxyl groups excluding tert-OH is 1. The summed E-state index contributed by atoms with van der Waals surface area (Å²) in [6, 6.07) is 7.74. The van der Waals surface area contributed by atoms with Crippen LogP contribution in [0, 0.1) is 0 Å². The fourth-order valence-electron chi connectivity index (χ4n) is 2.99. The van der Waals surface area contributed by atoms with Crippen LogP contribution in [0.15, 0.2) is 24.3 Å². The van der Waals surface area contributed by atoms with Gasteiger partial charge in [-0.1, -0.05) is 31.0 Å². The van der Waals surface area contributed by atoms with Crippen LogP contribution in [0.25, 0.3) is 10.1 Å². The van der Waals surface area contributed by atoms with E-state index in [9.17, 15) is 9.90 Å². The Morgan fingerprint density at radius 1 is 1.33 bits per heavy atom. The Hall–Kier alpha value is -1.59. The molecule has 1 amide bonds. The molecule has 5 heteroatoms. The second-order valence-electron chi connectivity index (χ2n) is 5.53. The van der Waals surface area contributed by atoms with E-state index in [0.717, 1.165) is 35.8 Å². The van der Waals surface area contributed by atoms with Crippen LogP contribution >= 0.6 is 11.3 Å². The maximum atomic E-state index is 12.9. The number of fused-ring (bicyclic) bond motifs is 1. The van der Waals surface area contributed by atoms with Crippen LogP contribution in [-0.2, 0) is 0 Å². The lowest BCUT2D eigenvalue weighted by molar-refractivity contribution is 0.0605. The van der Waals surface area contributed by atoms with Crippen molar-refractivity contribution in [2.45, 2.75) is 31.7 Å². The Kier molecular flexibility index (Phi) is 4.12. The van der Waals surface area contributed by atoms with Crippen molar-refractivity contribution in [3.8, 4) is 0 Å². The van der Waals surface area contributed by atoms with Gasteiger partial charge in [-0.05, 0) is 18.9 Å². The van der Waals surface area contributed by atoms with E-state index in [0.29, 0.717) is 17.1 Å². The van der Waals surface area contributed by atoms with E-state index < -0.39 is 0 Å². The number of thiophene rings is 1. The number of rotatable bonds is 2. The lowest BCUT2D eigenvalue weighted by atomic mass is 10.1. The van der Waals surface area contributed by atoms with E-state index in [2.05, 4.69) is 0 Å². The molecule has 2 heterocycles. The highest BCUT2D eigenvalue weighted by Gasteiger charge is 2.28. The molecule has 2 aromatic rings. The summed E-state index contributed by atoms with van der Waals surface area (Å²) < 4.78 is 1.04. The summed E-state index contributed by atoms with van der Waals surface area (Å²) in [6.07, 6.45) is 4.04. The van der Waals surface area contributed by atoms with Gasteiger partial charge in [0.2, 0.25) is 0 Å². The molecule has 4 nitrogen and oxygen atoms in total. The minimum Gasteiger partial charge on any atom is -0.397 e. The second kappa shape index (κ2) is 6.03. The summed E-state index contributed by atoms with van der Waals surface area (Å²) in [6.45, 7) is 0.730. The number of carbonyl (C=O) groups excluding carboxylic acids is 1. The number of nitrogens with zero attached hydrogens (tertiary/aromatic N) is 1. The van der Waals surface area contributed by atoms with Gasteiger partial charge in [0, 0.05) is 16.6 Å². The third kappa shape index (κ3) is 2.63. The molecule has 1 aliphatic heterocycles. The third-order valence-corrected chi connectivity index (χ3v) is 5.35. The number of amides is 1. The Morgan fingerprint density at radius 2 is 2.14 bits per heavy atom. The molecule has 21 heavy (non-hydrogen) atoms. The highest BCUT2D eigenvalue weighted by atomic mass is 32.1. The molecule has 1 aliphatic rings. The molecule has 3 N–H and O–H groups in total. The molecular formula is C16H20N2O2S. The van der Waals surface area contributed by atoms with E-state index in [4.69, 9.17) is 5.73 Å². The maximum absolute atomic E-state index is 12.9. The molecule has 0 saturated carbocycles. The standard InChI is InChI=1S/C16H20N2O2S/c17-14-12-7-3-4-8-13(12)21-15(14)16(20)18-9-5-1-2-6-11(18)10-19/h3-4,7-8,11,19H,1-2,5-6,9-10,17H2. The summed E-state index contributed by atoms with van der Waals surface area (Å²) in [5.41, 5.74) is 6.74. The quantitative estimate of drug-likeness (QED) is 0.896. The van der Waals surface area contributed by atoms with Crippen molar-refractivity contribution in [1.29, 1.82) is 0 Å². The summed E-state index contributed by atoms with van der Waals surface area (Å²) >= 11 is 1.45. The zero-order valence-corrected chi connectivity index (χ0v) is 12.7. The first kappa shape index (κ1) is 14.4. The van der Waals surface area contributed by atoms with E-state index in [-0.39, 0.29) is 18.6 Å². The predicted molar refractivity (Wildman–Crippen MR) is 86.6 cm³/mol. The van der Waals surface area contributed by atoms with Gasteiger partial charge in [-0.3, -0.25) is 4.79 Å². The van der Waals surface area contributed by atoms with Crippen molar-refractivity contribution < 1.29 is 9.90 Å². The normalized spacial score (nSPS) is 19.7. The van der Waals surface area contributed by atoms with Crippen LogP contribution in [-0.4, -0.2) is 35.1 Å². The Bertz CT molecular complexity index is 653. The van der Waals surface area contributed by atoms with Crippen molar-refractivity contribution in [2.24, 2.45) is 0 Å².